The van der Waals surface area contributed by atoms with Gasteiger partial charge in [0.1, 0.15) is 6.04 Å². The quantitative estimate of drug-likeness (QED) is 0.320. The summed E-state index contributed by atoms with van der Waals surface area (Å²) in [6.07, 6.45) is 4.60. The molecule has 11 heteroatoms. The van der Waals surface area contributed by atoms with Gasteiger partial charge in [-0.2, -0.15) is 0 Å². The summed E-state index contributed by atoms with van der Waals surface area (Å²) >= 11 is 0. The number of piperidine rings is 2. The van der Waals surface area contributed by atoms with Crippen molar-refractivity contribution in [3.05, 3.63) is 59.2 Å². The van der Waals surface area contributed by atoms with Crippen LogP contribution >= 0.6 is 0 Å². The minimum Gasteiger partial charge on any atom is -0.368 e. The van der Waals surface area contributed by atoms with Gasteiger partial charge in [-0.15, -0.1) is 0 Å². The summed E-state index contributed by atoms with van der Waals surface area (Å²) < 4.78 is 0. The lowest BCUT2D eigenvalue weighted by molar-refractivity contribution is -0.139. The van der Waals surface area contributed by atoms with E-state index in [9.17, 15) is 24.0 Å². The highest BCUT2D eigenvalue weighted by Gasteiger charge is 2.35. The standard InChI is InChI=1S/C34H44N6O5/c1-25-6-9-28(22-29(25)34(45)40(24-41)30-12-13-31(42)35-33(30)44)38-20-18-37(19-21-38)27-10-7-26(8-11-27)23-36(2)17-14-32(43)39-15-4-3-5-16-39/h6-11,22,24,30H,3-5,12-21,23H2,1-2H3,(H,35,42,44). The Hall–Kier alpha value is -4.25. The molecular formula is C34H44N6O5. The van der Waals surface area contributed by atoms with Crippen molar-refractivity contribution in [2.45, 2.75) is 58.0 Å². The first-order valence-corrected chi connectivity index (χ1v) is 16.0. The van der Waals surface area contributed by atoms with E-state index >= 15 is 0 Å². The van der Waals surface area contributed by atoms with E-state index in [1.54, 1.807) is 13.0 Å². The van der Waals surface area contributed by atoms with Gasteiger partial charge in [0, 0.05) is 82.1 Å². The molecule has 0 saturated carbocycles. The lowest BCUT2D eigenvalue weighted by Crippen LogP contribution is -2.54. The third kappa shape index (κ3) is 7.89. The molecule has 0 radical (unpaired) electrons. The number of likely N-dealkylation sites (tertiary alicyclic amines) is 1. The summed E-state index contributed by atoms with van der Waals surface area (Å²) in [6, 6.07) is 13.3. The molecule has 11 nitrogen and oxygen atoms in total. The largest absolute Gasteiger partial charge is 0.368 e. The van der Waals surface area contributed by atoms with Crippen LogP contribution in [0.2, 0.25) is 0 Å². The second-order valence-electron chi connectivity index (χ2n) is 12.4. The molecule has 0 spiro atoms. The average Bonchev–Trinajstić information content (AvgIpc) is 3.06. The highest BCUT2D eigenvalue weighted by Crippen LogP contribution is 2.25. The number of nitrogens with one attached hydrogen (secondary N) is 1. The third-order valence-corrected chi connectivity index (χ3v) is 9.16. The predicted molar refractivity (Wildman–Crippen MR) is 172 cm³/mol. The molecule has 2 aromatic carbocycles. The number of carbonyl (C=O) groups is 5. The minimum absolute atomic E-state index is 0.0816. The number of hydrogen-bond donors (Lipinski definition) is 1. The van der Waals surface area contributed by atoms with Crippen molar-refractivity contribution in [2.75, 3.05) is 62.7 Å². The first-order chi connectivity index (χ1) is 21.7. The van der Waals surface area contributed by atoms with E-state index < -0.39 is 23.8 Å². The highest BCUT2D eigenvalue weighted by atomic mass is 16.2. The van der Waals surface area contributed by atoms with Gasteiger partial charge in [0.05, 0.1) is 0 Å². The number of imide groups is 2. The second-order valence-corrected chi connectivity index (χ2v) is 12.4. The maximum Gasteiger partial charge on any atom is 0.261 e. The van der Waals surface area contributed by atoms with Gasteiger partial charge >= 0.3 is 0 Å². The summed E-state index contributed by atoms with van der Waals surface area (Å²) in [7, 11) is 2.06. The number of anilines is 2. The first kappa shape index (κ1) is 32.2. The van der Waals surface area contributed by atoms with E-state index in [1.165, 1.54) is 12.0 Å². The second kappa shape index (κ2) is 14.7. The van der Waals surface area contributed by atoms with E-state index in [2.05, 4.69) is 51.3 Å². The molecule has 2 aromatic rings. The van der Waals surface area contributed by atoms with E-state index in [0.29, 0.717) is 24.0 Å². The van der Waals surface area contributed by atoms with Gasteiger partial charge in [-0.1, -0.05) is 18.2 Å². The Morgan fingerprint density at radius 1 is 0.911 bits per heavy atom. The molecule has 0 aliphatic carbocycles. The monoisotopic (exact) mass is 616 g/mol. The van der Waals surface area contributed by atoms with Crippen LogP contribution in [-0.4, -0.2) is 104 Å². The zero-order valence-corrected chi connectivity index (χ0v) is 26.4. The summed E-state index contributed by atoms with van der Waals surface area (Å²) in [5.41, 5.74) is 4.33. The Bertz CT molecular complexity index is 1400. The van der Waals surface area contributed by atoms with Crippen LogP contribution in [0.25, 0.3) is 0 Å². The van der Waals surface area contributed by atoms with Crippen molar-refractivity contribution in [2.24, 2.45) is 0 Å². The molecule has 5 rings (SSSR count). The Kier molecular flexibility index (Phi) is 10.5. The molecule has 3 heterocycles. The fraction of sp³-hybridized carbons (Fsp3) is 0.500. The molecule has 3 aliphatic heterocycles. The number of piperazine rings is 1. The highest BCUT2D eigenvalue weighted by molar-refractivity contribution is 6.07. The molecule has 1 unspecified atom stereocenters. The molecule has 3 fully saturated rings. The summed E-state index contributed by atoms with van der Waals surface area (Å²) in [5.74, 6) is -1.31. The maximum absolute atomic E-state index is 13.4. The number of aryl methyl sites for hydroxylation is 1. The van der Waals surface area contributed by atoms with E-state index in [4.69, 9.17) is 0 Å². The number of carbonyl (C=O) groups excluding carboxylic acids is 5. The van der Waals surface area contributed by atoms with Crippen LogP contribution in [0.4, 0.5) is 11.4 Å². The van der Waals surface area contributed by atoms with Crippen LogP contribution in [0.3, 0.4) is 0 Å². The molecule has 5 amide bonds. The molecule has 1 N–H and O–H groups in total. The van der Waals surface area contributed by atoms with Crippen LogP contribution in [0.5, 0.6) is 0 Å². The van der Waals surface area contributed by atoms with Gasteiger partial charge in [0.25, 0.3) is 5.91 Å². The van der Waals surface area contributed by atoms with Crippen molar-refractivity contribution >= 4 is 41.4 Å². The molecule has 1 atom stereocenters. The number of hydrogen-bond acceptors (Lipinski definition) is 8. The van der Waals surface area contributed by atoms with Crippen molar-refractivity contribution in [3.63, 3.8) is 0 Å². The first-order valence-electron chi connectivity index (χ1n) is 16.0. The summed E-state index contributed by atoms with van der Waals surface area (Å²) in [6.45, 7) is 8.29. The van der Waals surface area contributed by atoms with Gasteiger partial charge in [0.15, 0.2) is 0 Å². The molecule has 240 valence electrons. The smallest absolute Gasteiger partial charge is 0.261 e. The fourth-order valence-corrected chi connectivity index (χ4v) is 6.40. The molecule has 3 saturated heterocycles. The Balaban J connectivity index is 1.13. The van der Waals surface area contributed by atoms with E-state index in [1.807, 2.05) is 17.0 Å². The van der Waals surface area contributed by atoms with Crippen LogP contribution < -0.4 is 15.1 Å². The normalized spacial score (nSPS) is 19.0. The van der Waals surface area contributed by atoms with Crippen molar-refractivity contribution in [1.29, 1.82) is 0 Å². The van der Waals surface area contributed by atoms with E-state index in [0.717, 1.165) is 81.5 Å². The van der Waals surface area contributed by atoms with Crippen LogP contribution in [-0.2, 0) is 25.7 Å². The zero-order chi connectivity index (χ0) is 31.9. The Morgan fingerprint density at radius 3 is 2.20 bits per heavy atom. The third-order valence-electron chi connectivity index (χ3n) is 9.16. The molecular weight excluding hydrogens is 572 g/mol. The fourth-order valence-electron chi connectivity index (χ4n) is 6.40. The van der Waals surface area contributed by atoms with Gasteiger partial charge in [-0.25, -0.2) is 0 Å². The van der Waals surface area contributed by atoms with Crippen molar-refractivity contribution < 1.29 is 24.0 Å². The number of amides is 5. The number of benzene rings is 2. The predicted octanol–water partition coefficient (Wildman–Crippen LogP) is 2.56. The minimum atomic E-state index is -1.00. The number of nitrogens with zero attached hydrogens (tertiary/aromatic N) is 5. The molecule has 0 aromatic heterocycles. The molecule has 0 bridgehead atoms. The Morgan fingerprint density at radius 2 is 1.56 bits per heavy atom. The van der Waals surface area contributed by atoms with Gasteiger partial charge in [0.2, 0.25) is 24.1 Å². The van der Waals surface area contributed by atoms with Crippen LogP contribution in [0.1, 0.15) is 60.0 Å². The lowest BCUT2D eigenvalue weighted by atomic mass is 10.0. The maximum atomic E-state index is 13.4. The van der Waals surface area contributed by atoms with Gasteiger partial charge in [-0.05, 0) is 75.0 Å². The topological polar surface area (TPSA) is 114 Å². The van der Waals surface area contributed by atoms with Crippen molar-refractivity contribution in [1.82, 2.24) is 20.0 Å². The summed E-state index contributed by atoms with van der Waals surface area (Å²) in [4.78, 5) is 71.4. The van der Waals surface area contributed by atoms with Crippen LogP contribution in [0, 0.1) is 6.92 Å². The van der Waals surface area contributed by atoms with Gasteiger partial charge in [-0.3, -0.25) is 34.2 Å². The van der Waals surface area contributed by atoms with E-state index in [-0.39, 0.29) is 18.7 Å². The molecule has 3 aliphatic rings. The zero-order valence-electron chi connectivity index (χ0n) is 26.4. The number of rotatable bonds is 10. The average molecular weight is 617 g/mol. The Labute approximate surface area is 265 Å². The summed E-state index contributed by atoms with van der Waals surface area (Å²) in [5, 5.41) is 2.22. The lowest BCUT2D eigenvalue weighted by Gasteiger charge is -2.37. The van der Waals surface area contributed by atoms with Gasteiger partial charge < -0.3 is 19.6 Å². The SMILES string of the molecule is Cc1ccc(N2CCN(c3ccc(CN(C)CCC(=O)N4CCCCC4)cc3)CC2)cc1C(=O)N(C=O)C1CCC(=O)NC1=O. The van der Waals surface area contributed by atoms with Crippen molar-refractivity contribution in [3.8, 4) is 0 Å². The van der Waals surface area contributed by atoms with Crippen LogP contribution in [0.15, 0.2) is 42.5 Å². The molecule has 45 heavy (non-hydrogen) atoms.